The molecule has 0 aromatic rings. The molecule has 108 valence electrons. The molecule has 0 saturated carbocycles. The van der Waals surface area contributed by atoms with Gasteiger partial charge in [-0.25, -0.2) is 0 Å². The Labute approximate surface area is 114 Å². The fraction of sp³-hybridized carbons (Fsp3) is 0.556. The zero-order chi connectivity index (χ0) is 14.0. The average molecular weight is 297 g/mol. The van der Waals surface area contributed by atoms with Gasteiger partial charge in [0.25, 0.3) is 5.09 Å². The van der Waals surface area contributed by atoms with Crippen LogP contribution in [-0.4, -0.2) is 41.4 Å². The van der Waals surface area contributed by atoms with E-state index in [1.807, 2.05) is 0 Å². The number of hydrogen-bond donors (Lipinski definition) is 2. The predicted molar refractivity (Wildman–Crippen MR) is 63.8 cm³/mol. The molecule has 0 amide bonds. The van der Waals surface area contributed by atoms with Gasteiger partial charge in [-0.2, -0.15) is 0 Å². The average Bonchev–Trinajstić information content (AvgIpc) is 2.29. The zero-order valence-electron chi connectivity index (χ0n) is 9.74. The number of halogens is 1. The number of carboxylic acid groups (broad SMARTS) is 1. The highest BCUT2D eigenvalue weighted by Crippen LogP contribution is 1.96. The molecule has 0 aromatic carbocycles. The van der Waals surface area contributed by atoms with Crippen LogP contribution in [0.4, 0.5) is 0 Å². The number of carbonyl (C=O) groups is 2. The first-order chi connectivity index (χ1) is 8.43. The Kier molecular flexibility index (Phi) is 11.2. The lowest BCUT2D eigenvalue weighted by molar-refractivity contribution is -0.754. The van der Waals surface area contributed by atoms with Gasteiger partial charge in [-0.15, -0.1) is 22.5 Å². The molecule has 0 aliphatic carbocycles. The number of aliphatic carboxylic acids is 1. The number of rotatable bonds is 7. The van der Waals surface area contributed by atoms with Crippen molar-refractivity contribution >= 4 is 24.3 Å². The molecule has 0 aliphatic heterocycles. The van der Waals surface area contributed by atoms with Gasteiger partial charge in [0, 0.05) is 6.42 Å². The number of ether oxygens (including phenoxy) is 1. The minimum Gasteiger partial charge on any atom is -0.480 e. The normalized spacial score (nSPS) is 10.2. The molecular formula is C9H13ClN2O7. The van der Waals surface area contributed by atoms with Crippen molar-refractivity contribution < 1.29 is 29.4 Å². The maximum absolute atomic E-state index is 11.0. The standard InChI is InChI=1S/C9H12N2O7.ClH/c10-7(9(13)14)3-4-8(12)17-5-1-2-6-18-11(15)16;/h7H,3-6,10H2,(H,13,14);1H/t7-;/m0./s1. The third-order valence-corrected chi connectivity index (χ3v) is 1.65. The number of carbonyl (C=O) groups excluding carboxylic acids is 1. The summed E-state index contributed by atoms with van der Waals surface area (Å²) in [7, 11) is 0. The minimum absolute atomic E-state index is 0. The summed E-state index contributed by atoms with van der Waals surface area (Å²) in [5, 5.41) is 17.2. The fourth-order valence-corrected chi connectivity index (χ4v) is 0.773. The molecule has 19 heavy (non-hydrogen) atoms. The van der Waals surface area contributed by atoms with Crippen LogP contribution in [0.15, 0.2) is 0 Å². The Bertz CT molecular complexity index is 376. The lowest BCUT2D eigenvalue weighted by Gasteiger charge is -2.04. The Hall–Kier alpha value is -2.05. The van der Waals surface area contributed by atoms with Crippen LogP contribution in [0.2, 0.25) is 0 Å². The monoisotopic (exact) mass is 296 g/mol. The van der Waals surface area contributed by atoms with E-state index >= 15 is 0 Å². The first-order valence-corrected chi connectivity index (χ1v) is 4.80. The summed E-state index contributed by atoms with van der Waals surface area (Å²) in [5.41, 5.74) is 5.17. The largest absolute Gasteiger partial charge is 0.480 e. The van der Waals surface area contributed by atoms with Gasteiger partial charge in [-0.05, 0) is 6.42 Å². The number of hydrogen-bond acceptors (Lipinski definition) is 7. The Morgan fingerprint density at radius 1 is 1.37 bits per heavy atom. The zero-order valence-corrected chi connectivity index (χ0v) is 10.6. The van der Waals surface area contributed by atoms with E-state index in [1.165, 1.54) is 0 Å². The summed E-state index contributed by atoms with van der Waals surface area (Å²) >= 11 is 0. The lowest BCUT2D eigenvalue weighted by Crippen LogP contribution is -2.30. The molecule has 0 radical (unpaired) electrons. The summed E-state index contributed by atoms with van der Waals surface area (Å²) in [6.07, 6.45) is -0.174. The highest BCUT2D eigenvalue weighted by Gasteiger charge is 2.13. The fourth-order valence-electron chi connectivity index (χ4n) is 0.773. The number of carboxylic acids is 1. The Morgan fingerprint density at radius 3 is 2.47 bits per heavy atom. The quantitative estimate of drug-likeness (QED) is 0.273. The van der Waals surface area contributed by atoms with Gasteiger partial charge in [-0.1, -0.05) is 11.8 Å². The molecule has 0 heterocycles. The molecule has 1 atom stereocenters. The van der Waals surface area contributed by atoms with Gasteiger partial charge >= 0.3 is 11.9 Å². The Morgan fingerprint density at radius 2 is 1.95 bits per heavy atom. The predicted octanol–water partition coefficient (Wildman–Crippen LogP) is -0.645. The third kappa shape index (κ3) is 12.2. The topological polar surface area (TPSA) is 142 Å². The highest BCUT2D eigenvalue weighted by molar-refractivity contribution is 5.85. The van der Waals surface area contributed by atoms with Crippen LogP contribution in [0.25, 0.3) is 0 Å². The van der Waals surface area contributed by atoms with Gasteiger partial charge in [0.1, 0.15) is 6.04 Å². The molecule has 0 rings (SSSR count). The summed E-state index contributed by atoms with van der Waals surface area (Å²) in [5.74, 6) is 2.72. The highest BCUT2D eigenvalue weighted by atomic mass is 35.5. The summed E-state index contributed by atoms with van der Waals surface area (Å²) in [6.45, 7) is -0.656. The van der Waals surface area contributed by atoms with Crippen LogP contribution in [0.5, 0.6) is 0 Å². The molecule has 0 aliphatic rings. The summed E-state index contributed by atoms with van der Waals surface area (Å²) in [4.78, 5) is 35.0. The number of esters is 1. The van der Waals surface area contributed by atoms with Crippen LogP contribution in [-0.2, 0) is 19.2 Å². The molecule has 0 bridgehead atoms. The molecule has 9 nitrogen and oxygen atoms in total. The van der Waals surface area contributed by atoms with Crippen molar-refractivity contribution in [1.82, 2.24) is 0 Å². The molecular weight excluding hydrogens is 284 g/mol. The van der Waals surface area contributed by atoms with Gasteiger partial charge in [0.2, 0.25) is 0 Å². The maximum atomic E-state index is 11.0. The minimum atomic E-state index is -1.19. The van der Waals surface area contributed by atoms with Crippen molar-refractivity contribution in [2.45, 2.75) is 18.9 Å². The first-order valence-electron chi connectivity index (χ1n) is 4.80. The van der Waals surface area contributed by atoms with Crippen LogP contribution < -0.4 is 5.73 Å². The van der Waals surface area contributed by atoms with E-state index in [9.17, 15) is 19.7 Å². The van der Waals surface area contributed by atoms with Crippen molar-refractivity contribution in [1.29, 1.82) is 0 Å². The van der Waals surface area contributed by atoms with Crippen LogP contribution in [0, 0.1) is 22.0 Å². The molecule has 0 saturated heterocycles. The molecule has 0 aromatic heterocycles. The molecule has 0 fully saturated rings. The van der Waals surface area contributed by atoms with Gasteiger partial charge < -0.3 is 20.4 Å². The first kappa shape index (κ1) is 19.3. The van der Waals surface area contributed by atoms with Crippen molar-refractivity contribution in [2.24, 2.45) is 5.73 Å². The van der Waals surface area contributed by atoms with Crippen LogP contribution in [0.1, 0.15) is 12.8 Å². The van der Waals surface area contributed by atoms with Crippen molar-refractivity contribution in [3.63, 3.8) is 0 Å². The SMILES string of the molecule is Cl.N[C@@H](CCC(=O)OCC#CCO[N+](=O)[O-])C(=O)O. The van der Waals surface area contributed by atoms with Crippen LogP contribution >= 0.6 is 12.4 Å². The molecule has 3 N–H and O–H groups in total. The summed E-state index contributed by atoms with van der Waals surface area (Å²) in [6, 6.07) is -1.11. The second kappa shape index (κ2) is 11.1. The van der Waals surface area contributed by atoms with Crippen molar-refractivity contribution in [3.05, 3.63) is 10.1 Å². The third-order valence-electron chi connectivity index (χ3n) is 1.65. The maximum Gasteiger partial charge on any atom is 0.320 e. The summed E-state index contributed by atoms with van der Waals surface area (Å²) < 4.78 is 4.59. The van der Waals surface area contributed by atoms with Gasteiger partial charge in [0.05, 0.1) is 0 Å². The van der Waals surface area contributed by atoms with E-state index in [2.05, 4.69) is 21.4 Å². The van der Waals surface area contributed by atoms with E-state index in [1.54, 1.807) is 0 Å². The molecule has 0 spiro atoms. The van der Waals surface area contributed by atoms with E-state index in [0.29, 0.717) is 0 Å². The lowest BCUT2D eigenvalue weighted by atomic mass is 10.2. The molecule has 0 unspecified atom stereocenters. The van der Waals surface area contributed by atoms with E-state index in [-0.39, 0.29) is 31.9 Å². The van der Waals surface area contributed by atoms with E-state index in [4.69, 9.17) is 10.8 Å². The van der Waals surface area contributed by atoms with Crippen molar-refractivity contribution in [3.8, 4) is 11.8 Å². The number of nitrogens with two attached hydrogens (primary N) is 1. The number of nitrogens with zero attached hydrogens (tertiary/aromatic N) is 1. The smallest absolute Gasteiger partial charge is 0.320 e. The van der Waals surface area contributed by atoms with E-state index in [0.717, 1.165) is 0 Å². The second-order valence-corrected chi connectivity index (χ2v) is 2.99. The van der Waals surface area contributed by atoms with Gasteiger partial charge in [-0.3, -0.25) is 9.59 Å². The van der Waals surface area contributed by atoms with Crippen molar-refractivity contribution in [2.75, 3.05) is 13.2 Å². The van der Waals surface area contributed by atoms with Crippen LogP contribution in [0.3, 0.4) is 0 Å². The van der Waals surface area contributed by atoms with Gasteiger partial charge in [0.15, 0.2) is 13.2 Å². The molecule has 10 heteroatoms. The second-order valence-electron chi connectivity index (χ2n) is 2.99. The Balaban J connectivity index is 0. The van der Waals surface area contributed by atoms with E-state index < -0.39 is 29.7 Å².